The number of aromatic nitrogens is 1. The lowest BCUT2D eigenvalue weighted by molar-refractivity contribution is 0.247. The molecule has 0 unspecified atom stereocenters. The molecule has 6 heteroatoms. The van der Waals surface area contributed by atoms with Gasteiger partial charge in [-0.1, -0.05) is 38.1 Å². The molecule has 2 rings (SSSR count). The summed E-state index contributed by atoms with van der Waals surface area (Å²) in [5.41, 5.74) is 1.29. The monoisotopic (exact) mass is 317 g/mol. The number of nitrogens with one attached hydrogen (secondary N) is 2. The number of ether oxygens (including phenoxy) is 1. The van der Waals surface area contributed by atoms with Gasteiger partial charge >= 0.3 is 6.03 Å². The van der Waals surface area contributed by atoms with E-state index in [4.69, 9.17) is 9.26 Å². The molecule has 124 valence electrons. The van der Waals surface area contributed by atoms with Gasteiger partial charge in [-0.05, 0) is 30.0 Å². The molecule has 1 aromatic carbocycles. The summed E-state index contributed by atoms with van der Waals surface area (Å²) in [5.74, 6) is 1.83. The number of benzene rings is 1. The number of aryl methyl sites for hydroxylation is 1. The van der Waals surface area contributed by atoms with E-state index in [0.717, 1.165) is 5.75 Å². The van der Waals surface area contributed by atoms with Crippen LogP contribution in [-0.4, -0.2) is 24.3 Å². The van der Waals surface area contributed by atoms with Crippen molar-refractivity contribution < 1.29 is 14.1 Å². The Morgan fingerprint density at radius 1 is 1.30 bits per heavy atom. The third-order valence-corrected chi connectivity index (χ3v) is 3.23. The second-order valence-electron chi connectivity index (χ2n) is 6.33. The molecule has 0 radical (unpaired) electrons. The third-order valence-electron chi connectivity index (χ3n) is 3.23. The number of anilines is 1. The molecule has 1 heterocycles. The van der Waals surface area contributed by atoms with Gasteiger partial charge in [-0.15, -0.1) is 0 Å². The Bertz CT molecular complexity index is 659. The van der Waals surface area contributed by atoms with Crippen LogP contribution in [0, 0.1) is 6.92 Å². The largest absolute Gasteiger partial charge is 0.492 e. The maximum Gasteiger partial charge on any atom is 0.320 e. The lowest BCUT2D eigenvalue weighted by Crippen LogP contribution is -2.32. The van der Waals surface area contributed by atoms with Crippen LogP contribution in [0.2, 0.25) is 0 Å². The average molecular weight is 317 g/mol. The van der Waals surface area contributed by atoms with Crippen molar-refractivity contribution in [2.45, 2.75) is 33.1 Å². The van der Waals surface area contributed by atoms with E-state index in [1.54, 1.807) is 13.0 Å². The van der Waals surface area contributed by atoms with Crippen LogP contribution >= 0.6 is 0 Å². The molecule has 0 atom stereocenters. The highest BCUT2D eigenvalue weighted by Gasteiger charge is 2.13. The van der Waals surface area contributed by atoms with Gasteiger partial charge in [0.1, 0.15) is 18.1 Å². The van der Waals surface area contributed by atoms with Crippen molar-refractivity contribution in [2.75, 3.05) is 18.5 Å². The Labute approximate surface area is 136 Å². The minimum Gasteiger partial charge on any atom is -0.492 e. The zero-order chi connectivity index (χ0) is 16.9. The fourth-order valence-electron chi connectivity index (χ4n) is 1.97. The molecule has 0 fully saturated rings. The first-order valence-electron chi connectivity index (χ1n) is 7.56. The predicted molar refractivity (Wildman–Crippen MR) is 88.9 cm³/mol. The van der Waals surface area contributed by atoms with Gasteiger partial charge in [0.2, 0.25) is 0 Å². The Morgan fingerprint density at radius 2 is 2.09 bits per heavy atom. The van der Waals surface area contributed by atoms with Crippen molar-refractivity contribution in [1.29, 1.82) is 0 Å². The summed E-state index contributed by atoms with van der Waals surface area (Å²) < 4.78 is 10.5. The number of carbonyl (C=O) groups excluding carboxylic acids is 1. The fourth-order valence-corrected chi connectivity index (χ4v) is 1.97. The van der Waals surface area contributed by atoms with E-state index in [1.807, 2.05) is 18.2 Å². The highest BCUT2D eigenvalue weighted by Crippen LogP contribution is 2.25. The fraction of sp³-hybridized carbons (Fsp3) is 0.412. The van der Waals surface area contributed by atoms with Crippen molar-refractivity contribution in [2.24, 2.45) is 0 Å². The molecular weight excluding hydrogens is 294 g/mol. The summed E-state index contributed by atoms with van der Waals surface area (Å²) in [4.78, 5) is 11.7. The van der Waals surface area contributed by atoms with E-state index in [0.29, 0.717) is 24.7 Å². The molecular formula is C17H23N3O3. The summed E-state index contributed by atoms with van der Waals surface area (Å²) in [5, 5.41) is 8.96. The highest BCUT2D eigenvalue weighted by atomic mass is 16.5. The zero-order valence-electron chi connectivity index (χ0n) is 14.0. The second-order valence-corrected chi connectivity index (χ2v) is 6.33. The molecule has 2 amide bonds. The van der Waals surface area contributed by atoms with Crippen LogP contribution in [0.5, 0.6) is 5.75 Å². The number of rotatable bonds is 5. The van der Waals surface area contributed by atoms with Crippen LogP contribution in [-0.2, 0) is 5.41 Å². The molecule has 1 aromatic heterocycles. The summed E-state index contributed by atoms with van der Waals surface area (Å²) in [6.45, 7) is 9.01. The molecule has 0 saturated heterocycles. The smallest absolute Gasteiger partial charge is 0.320 e. The van der Waals surface area contributed by atoms with E-state index < -0.39 is 0 Å². The molecule has 2 aromatic rings. The number of amides is 2. The number of hydrogen-bond acceptors (Lipinski definition) is 4. The SMILES string of the molecule is Cc1cc(NC(=O)NCCOc2cccc(C(C)(C)C)c2)no1. The number of carbonyl (C=O) groups is 1. The minimum atomic E-state index is -0.342. The van der Waals surface area contributed by atoms with E-state index in [1.165, 1.54) is 5.56 Å². The summed E-state index contributed by atoms with van der Waals surface area (Å²) in [6, 6.07) is 9.30. The molecule has 0 bridgehead atoms. The first-order valence-corrected chi connectivity index (χ1v) is 7.56. The molecule has 0 aliphatic carbocycles. The van der Waals surface area contributed by atoms with Crippen LogP contribution in [0.3, 0.4) is 0 Å². The van der Waals surface area contributed by atoms with Gasteiger partial charge in [-0.2, -0.15) is 0 Å². The first kappa shape index (κ1) is 16.9. The van der Waals surface area contributed by atoms with Crippen molar-refractivity contribution in [3.63, 3.8) is 0 Å². The lowest BCUT2D eigenvalue weighted by atomic mass is 9.87. The molecule has 0 aliphatic rings. The summed E-state index contributed by atoms with van der Waals surface area (Å²) in [6.07, 6.45) is 0. The number of hydrogen-bond donors (Lipinski definition) is 2. The van der Waals surface area contributed by atoms with E-state index in [2.05, 4.69) is 42.6 Å². The van der Waals surface area contributed by atoms with E-state index >= 15 is 0 Å². The lowest BCUT2D eigenvalue weighted by Gasteiger charge is -2.19. The molecule has 0 aliphatic heterocycles. The van der Waals surface area contributed by atoms with Gasteiger partial charge in [0.25, 0.3) is 0 Å². The number of nitrogens with zero attached hydrogens (tertiary/aromatic N) is 1. The average Bonchev–Trinajstić information content (AvgIpc) is 2.88. The topological polar surface area (TPSA) is 76.4 Å². The first-order chi connectivity index (χ1) is 10.8. The quantitative estimate of drug-likeness (QED) is 0.828. The van der Waals surface area contributed by atoms with Crippen LogP contribution in [0.15, 0.2) is 34.9 Å². The van der Waals surface area contributed by atoms with Gasteiger partial charge in [0.15, 0.2) is 5.82 Å². The summed E-state index contributed by atoms with van der Waals surface area (Å²) >= 11 is 0. The Morgan fingerprint density at radius 3 is 2.74 bits per heavy atom. The van der Waals surface area contributed by atoms with Crippen molar-refractivity contribution >= 4 is 11.8 Å². The van der Waals surface area contributed by atoms with E-state index in [-0.39, 0.29) is 11.4 Å². The molecule has 2 N–H and O–H groups in total. The van der Waals surface area contributed by atoms with Gasteiger partial charge in [-0.25, -0.2) is 4.79 Å². The standard InChI is InChI=1S/C17H23N3O3/c1-12-10-15(20-23-12)19-16(21)18-8-9-22-14-7-5-6-13(11-14)17(2,3)4/h5-7,10-11H,8-9H2,1-4H3,(H2,18,19,20,21). The van der Waals surface area contributed by atoms with Crippen LogP contribution in [0.25, 0.3) is 0 Å². The van der Waals surface area contributed by atoms with E-state index in [9.17, 15) is 4.79 Å². The zero-order valence-corrected chi connectivity index (χ0v) is 14.0. The Balaban J connectivity index is 1.74. The molecule has 0 saturated carbocycles. The van der Waals surface area contributed by atoms with Gasteiger partial charge in [-0.3, -0.25) is 5.32 Å². The Hall–Kier alpha value is -2.50. The van der Waals surface area contributed by atoms with Gasteiger partial charge < -0.3 is 14.6 Å². The molecule has 6 nitrogen and oxygen atoms in total. The molecule has 23 heavy (non-hydrogen) atoms. The van der Waals surface area contributed by atoms with Gasteiger partial charge in [0, 0.05) is 6.07 Å². The Kier molecular flexibility index (Phi) is 5.26. The predicted octanol–water partition coefficient (Wildman–Crippen LogP) is 3.48. The van der Waals surface area contributed by atoms with Gasteiger partial charge in [0.05, 0.1) is 6.54 Å². The van der Waals surface area contributed by atoms with Crippen LogP contribution < -0.4 is 15.4 Å². The van der Waals surface area contributed by atoms with Crippen LogP contribution in [0.4, 0.5) is 10.6 Å². The van der Waals surface area contributed by atoms with Crippen molar-refractivity contribution in [3.8, 4) is 5.75 Å². The van der Waals surface area contributed by atoms with Crippen molar-refractivity contribution in [3.05, 3.63) is 41.7 Å². The summed E-state index contributed by atoms with van der Waals surface area (Å²) in [7, 11) is 0. The highest BCUT2D eigenvalue weighted by molar-refractivity contribution is 5.88. The molecule has 0 spiro atoms. The minimum absolute atomic E-state index is 0.0766. The van der Waals surface area contributed by atoms with Crippen LogP contribution in [0.1, 0.15) is 32.1 Å². The number of urea groups is 1. The third kappa shape index (κ3) is 5.32. The second kappa shape index (κ2) is 7.17. The van der Waals surface area contributed by atoms with Crippen molar-refractivity contribution in [1.82, 2.24) is 10.5 Å². The maximum absolute atomic E-state index is 11.7. The maximum atomic E-state index is 11.7. The normalized spacial score (nSPS) is 11.1.